The van der Waals surface area contributed by atoms with Gasteiger partial charge in [0.2, 0.25) is 0 Å². The standard InChI is InChI=1S/C11H11N3O2/c1-2-10-11(16-4-3-15-10)5-9(1)6-14-8-12-7-13-14/h1-2,5,7-8H,3-4,6H2. The molecule has 0 fully saturated rings. The van der Waals surface area contributed by atoms with Gasteiger partial charge in [-0.1, -0.05) is 6.07 Å². The first-order chi connectivity index (χ1) is 7.92. The van der Waals surface area contributed by atoms with Gasteiger partial charge in [-0.15, -0.1) is 0 Å². The number of benzene rings is 1. The molecule has 2 heterocycles. The fourth-order valence-electron chi connectivity index (χ4n) is 1.69. The minimum absolute atomic E-state index is 0.611. The summed E-state index contributed by atoms with van der Waals surface area (Å²) in [5, 5.41) is 4.06. The highest BCUT2D eigenvalue weighted by atomic mass is 16.6. The van der Waals surface area contributed by atoms with E-state index in [9.17, 15) is 0 Å². The molecule has 0 saturated heterocycles. The van der Waals surface area contributed by atoms with Crippen molar-refractivity contribution in [2.75, 3.05) is 13.2 Å². The third kappa shape index (κ3) is 1.71. The van der Waals surface area contributed by atoms with Crippen LogP contribution in [0.15, 0.2) is 30.9 Å². The summed E-state index contributed by atoms with van der Waals surface area (Å²) >= 11 is 0. The van der Waals surface area contributed by atoms with Crippen LogP contribution in [0.5, 0.6) is 11.5 Å². The van der Waals surface area contributed by atoms with E-state index in [1.807, 2.05) is 18.2 Å². The Balaban J connectivity index is 1.86. The maximum atomic E-state index is 5.51. The molecule has 0 aliphatic carbocycles. The molecular weight excluding hydrogens is 206 g/mol. The lowest BCUT2D eigenvalue weighted by Crippen LogP contribution is -2.15. The van der Waals surface area contributed by atoms with E-state index in [0.717, 1.165) is 17.1 Å². The minimum Gasteiger partial charge on any atom is -0.486 e. The smallest absolute Gasteiger partial charge is 0.161 e. The molecule has 0 atom stereocenters. The third-order valence-electron chi connectivity index (χ3n) is 2.42. The zero-order valence-electron chi connectivity index (χ0n) is 8.67. The van der Waals surface area contributed by atoms with Crippen molar-refractivity contribution in [1.29, 1.82) is 0 Å². The molecule has 1 aromatic heterocycles. The second-order valence-electron chi connectivity index (χ2n) is 3.57. The highest BCUT2D eigenvalue weighted by molar-refractivity contribution is 5.43. The molecule has 0 saturated carbocycles. The molecule has 1 aliphatic heterocycles. The Bertz CT molecular complexity index is 482. The quantitative estimate of drug-likeness (QED) is 0.755. The summed E-state index contributed by atoms with van der Waals surface area (Å²) in [5.74, 6) is 1.62. The SMILES string of the molecule is c1ncn(Cc2ccc3c(c2)OCCO3)n1. The normalized spacial score (nSPS) is 13.8. The van der Waals surface area contributed by atoms with E-state index < -0.39 is 0 Å². The first-order valence-electron chi connectivity index (χ1n) is 5.13. The largest absolute Gasteiger partial charge is 0.486 e. The Hall–Kier alpha value is -2.04. The summed E-state index contributed by atoms with van der Waals surface area (Å²) in [7, 11) is 0. The molecular formula is C11H11N3O2. The molecule has 0 amide bonds. The van der Waals surface area contributed by atoms with E-state index in [4.69, 9.17) is 9.47 Å². The Kier molecular flexibility index (Phi) is 2.21. The van der Waals surface area contributed by atoms with Crippen molar-refractivity contribution >= 4 is 0 Å². The summed E-state index contributed by atoms with van der Waals surface area (Å²) in [4.78, 5) is 3.90. The number of aromatic nitrogens is 3. The van der Waals surface area contributed by atoms with E-state index in [2.05, 4.69) is 10.1 Å². The van der Waals surface area contributed by atoms with Crippen molar-refractivity contribution in [2.24, 2.45) is 0 Å². The van der Waals surface area contributed by atoms with E-state index in [0.29, 0.717) is 19.8 Å². The highest BCUT2D eigenvalue weighted by Crippen LogP contribution is 2.30. The molecule has 0 radical (unpaired) electrons. The van der Waals surface area contributed by atoms with E-state index in [1.54, 1.807) is 11.0 Å². The molecule has 0 spiro atoms. The molecule has 0 bridgehead atoms. The maximum absolute atomic E-state index is 5.51. The molecule has 2 aromatic rings. The third-order valence-corrected chi connectivity index (χ3v) is 2.42. The van der Waals surface area contributed by atoms with Crippen molar-refractivity contribution in [2.45, 2.75) is 6.54 Å². The highest BCUT2D eigenvalue weighted by Gasteiger charge is 2.11. The Morgan fingerprint density at radius 1 is 1.19 bits per heavy atom. The summed E-state index contributed by atoms with van der Waals surface area (Å²) in [6.45, 7) is 1.92. The fraction of sp³-hybridized carbons (Fsp3) is 0.273. The molecule has 16 heavy (non-hydrogen) atoms. The van der Waals surface area contributed by atoms with E-state index in [1.165, 1.54) is 6.33 Å². The Labute approximate surface area is 92.6 Å². The summed E-state index contributed by atoms with van der Waals surface area (Å²) in [5.41, 5.74) is 1.12. The van der Waals surface area contributed by atoms with Crippen LogP contribution in [-0.4, -0.2) is 28.0 Å². The number of ether oxygens (including phenoxy) is 2. The van der Waals surface area contributed by atoms with Gasteiger partial charge in [-0.2, -0.15) is 5.10 Å². The topological polar surface area (TPSA) is 49.2 Å². The zero-order valence-corrected chi connectivity index (χ0v) is 8.67. The van der Waals surface area contributed by atoms with Gasteiger partial charge < -0.3 is 9.47 Å². The predicted octanol–water partition coefficient (Wildman–Crippen LogP) is 1.10. The van der Waals surface area contributed by atoms with Crippen molar-refractivity contribution in [3.05, 3.63) is 36.4 Å². The van der Waals surface area contributed by atoms with Crippen LogP contribution in [0.2, 0.25) is 0 Å². The van der Waals surface area contributed by atoms with Crippen LogP contribution in [0.4, 0.5) is 0 Å². The van der Waals surface area contributed by atoms with Gasteiger partial charge in [0.25, 0.3) is 0 Å². The molecule has 1 aromatic carbocycles. The van der Waals surface area contributed by atoms with E-state index >= 15 is 0 Å². The van der Waals surface area contributed by atoms with Crippen LogP contribution < -0.4 is 9.47 Å². The van der Waals surface area contributed by atoms with Gasteiger partial charge >= 0.3 is 0 Å². The number of hydrogen-bond donors (Lipinski definition) is 0. The summed E-state index contributed by atoms with van der Waals surface area (Å²) < 4.78 is 12.7. The summed E-state index contributed by atoms with van der Waals surface area (Å²) in [6, 6.07) is 5.92. The number of rotatable bonds is 2. The second kappa shape index (κ2) is 3.84. The maximum Gasteiger partial charge on any atom is 0.161 e. The van der Waals surface area contributed by atoms with Crippen LogP contribution >= 0.6 is 0 Å². The van der Waals surface area contributed by atoms with Gasteiger partial charge in [0.15, 0.2) is 11.5 Å². The molecule has 5 heteroatoms. The molecule has 82 valence electrons. The van der Waals surface area contributed by atoms with Crippen molar-refractivity contribution < 1.29 is 9.47 Å². The minimum atomic E-state index is 0.611. The lowest BCUT2D eigenvalue weighted by molar-refractivity contribution is 0.171. The summed E-state index contributed by atoms with van der Waals surface area (Å²) in [6.07, 6.45) is 3.22. The number of nitrogens with zero attached hydrogens (tertiary/aromatic N) is 3. The second-order valence-corrected chi connectivity index (χ2v) is 3.57. The van der Waals surface area contributed by atoms with Crippen LogP contribution in [0.3, 0.4) is 0 Å². The van der Waals surface area contributed by atoms with Gasteiger partial charge in [-0.25, -0.2) is 9.67 Å². The first kappa shape index (κ1) is 9.21. The average Bonchev–Trinajstić information content (AvgIpc) is 2.82. The van der Waals surface area contributed by atoms with Gasteiger partial charge in [0.05, 0.1) is 6.54 Å². The molecule has 0 N–H and O–H groups in total. The van der Waals surface area contributed by atoms with E-state index in [-0.39, 0.29) is 0 Å². The monoisotopic (exact) mass is 217 g/mol. The van der Waals surface area contributed by atoms with Crippen molar-refractivity contribution in [3.8, 4) is 11.5 Å². The lowest BCUT2D eigenvalue weighted by Gasteiger charge is -2.18. The van der Waals surface area contributed by atoms with Gasteiger partial charge in [0.1, 0.15) is 25.9 Å². The van der Waals surface area contributed by atoms with Crippen LogP contribution in [0, 0.1) is 0 Å². The first-order valence-corrected chi connectivity index (χ1v) is 5.13. The number of fused-ring (bicyclic) bond motifs is 1. The van der Waals surface area contributed by atoms with Crippen LogP contribution in [-0.2, 0) is 6.54 Å². The molecule has 1 aliphatic rings. The molecule has 0 unspecified atom stereocenters. The number of hydrogen-bond acceptors (Lipinski definition) is 4. The molecule has 5 nitrogen and oxygen atoms in total. The van der Waals surface area contributed by atoms with Crippen LogP contribution in [0.25, 0.3) is 0 Å². The van der Waals surface area contributed by atoms with Gasteiger partial charge in [-0.05, 0) is 17.7 Å². The van der Waals surface area contributed by atoms with Gasteiger partial charge in [-0.3, -0.25) is 0 Å². The fourth-order valence-corrected chi connectivity index (χ4v) is 1.69. The average molecular weight is 217 g/mol. The molecule has 3 rings (SSSR count). The predicted molar refractivity (Wildman–Crippen MR) is 56.6 cm³/mol. The van der Waals surface area contributed by atoms with Gasteiger partial charge in [0, 0.05) is 0 Å². The van der Waals surface area contributed by atoms with Crippen LogP contribution in [0.1, 0.15) is 5.56 Å². The zero-order chi connectivity index (χ0) is 10.8. The lowest BCUT2D eigenvalue weighted by atomic mass is 10.2. The van der Waals surface area contributed by atoms with Crippen molar-refractivity contribution in [3.63, 3.8) is 0 Å². The van der Waals surface area contributed by atoms with Crippen molar-refractivity contribution in [1.82, 2.24) is 14.8 Å². The Morgan fingerprint density at radius 3 is 2.88 bits per heavy atom. The Morgan fingerprint density at radius 2 is 2.06 bits per heavy atom.